The number of hydrogen-bond acceptors (Lipinski definition) is 8. The molecule has 4 heterocycles. The Bertz CT molecular complexity index is 1220. The molecule has 0 aliphatic carbocycles. The van der Waals surface area contributed by atoms with E-state index in [0.29, 0.717) is 42.7 Å². The molecule has 0 unspecified atom stereocenters. The molecule has 34 heavy (non-hydrogen) atoms. The molecule has 0 saturated carbocycles. The van der Waals surface area contributed by atoms with Crippen molar-refractivity contribution < 1.29 is 9.47 Å². The summed E-state index contributed by atoms with van der Waals surface area (Å²) < 4.78 is 12.6. The van der Waals surface area contributed by atoms with E-state index in [1.165, 1.54) is 0 Å². The summed E-state index contributed by atoms with van der Waals surface area (Å²) in [6.45, 7) is 8.49. The maximum absolute atomic E-state index is 6.34. The molecular weight excluding hydrogens is 428 g/mol. The number of anilines is 2. The molecule has 4 bridgehead atoms. The number of rotatable bonds is 4. The predicted octanol–water partition coefficient (Wildman–Crippen LogP) is 5.24. The summed E-state index contributed by atoms with van der Waals surface area (Å²) in [6.07, 6.45) is 8.05. The standard InChI is InChI=1S/C26H28N6O2/c1-17(2)13-22-20(15-27-4)26-29-11-8-24(32-26)31-25-14-23(34-18(3)9-12-33-22)19(16-30-25)21-7-5-6-10-28-21/h5-8,10-11,14-16,18H,1,9,12-13H2,2-4H3,(H,29,30,31,32)/b22-20-,27-15-/t18-/m0/s1. The average molecular weight is 457 g/mol. The van der Waals surface area contributed by atoms with Crippen molar-refractivity contribution in [2.24, 2.45) is 4.99 Å². The second-order valence-electron chi connectivity index (χ2n) is 8.09. The second kappa shape index (κ2) is 10.7. The molecule has 0 saturated heterocycles. The Morgan fingerprint density at radius 1 is 1.21 bits per heavy atom. The van der Waals surface area contributed by atoms with Gasteiger partial charge in [0.25, 0.3) is 0 Å². The van der Waals surface area contributed by atoms with Gasteiger partial charge >= 0.3 is 0 Å². The van der Waals surface area contributed by atoms with E-state index in [0.717, 1.165) is 28.2 Å². The van der Waals surface area contributed by atoms with Crippen molar-refractivity contribution in [2.45, 2.75) is 32.8 Å². The normalized spacial score (nSPS) is 18.4. The molecule has 8 heteroatoms. The maximum atomic E-state index is 6.34. The number of ether oxygens (including phenoxy) is 2. The van der Waals surface area contributed by atoms with Gasteiger partial charge in [-0.15, -0.1) is 0 Å². The second-order valence-corrected chi connectivity index (χ2v) is 8.09. The zero-order valence-electron chi connectivity index (χ0n) is 19.7. The molecule has 1 aliphatic rings. The van der Waals surface area contributed by atoms with Crippen LogP contribution in [0.4, 0.5) is 11.6 Å². The summed E-state index contributed by atoms with van der Waals surface area (Å²) in [5, 5.41) is 3.26. The van der Waals surface area contributed by atoms with Gasteiger partial charge in [0.15, 0.2) is 5.82 Å². The van der Waals surface area contributed by atoms with Crippen LogP contribution in [0.25, 0.3) is 16.8 Å². The molecule has 0 aromatic carbocycles. The highest BCUT2D eigenvalue weighted by atomic mass is 16.5. The fourth-order valence-corrected chi connectivity index (χ4v) is 3.51. The first-order valence-corrected chi connectivity index (χ1v) is 11.1. The van der Waals surface area contributed by atoms with Crippen LogP contribution in [0.1, 0.15) is 32.5 Å². The molecule has 1 N–H and O–H groups in total. The first kappa shape index (κ1) is 23.1. The largest absolute Gasteiger partial charge is 0.497 e. The number of fused-ring (bicyclic) bond motifs is 4. The lowest BCUT2D eigenvalue weighted by Gasteiger charge is -2.20. The lowest BCUT2D eigenvalue weighted by molar-refractivity contribution is 0.141. The van der Waals surface area contributed by atoms with Crippen LogP contribution in [0.5, 0.6) is 5.75 Å². The van der Waals surface area contributed by atoms with Gasteiger partial charge in [0, 0.05) is 50.8 Å². The summed E-state index contributed by atoms with van der Waals surface area (Å²) in [5.41, 5.74) is 3.30. The van der Waals surface area contributed by atoms with Crippen molar-refractivity contribution in [3.8, 4) is 17.0 Å². The summed E-state index contributed by atoms with van der Waals surface area (Å²) in [5.74, 6) is 3.13. The average Bonchev–Trinajstić information content (AvgIpc) is 2.82. The first-order chi connectivity index (χ1) is 16.5. The number of nitrogens with one attached hydrogen (secondary N) is 1. The smallest absolute Gasteiger partial charge is 0.166 e. The van der Waals surface area contributed by atoms with Crippen molar-refractivity contribution in [3.05, 3.63) is 72.7 Å². The number of aromatic nitrogens is 4. The van der Waals surface area contributed by atoms with Crippen LogP contribution < -0.4 is 10.1 Å². The number of allylic oxidation sites excluding steroid dienone is 2. The fraction of sp³-hybridized carbons (Fsp3) is 0.269. The third kappa shape index (κ3) is 5.64. The number of aliphatic imine (C=N–C) groups is 1. The van der Waals surface area contributed by atoms with E-state index in [9.17, 15) is 0 Å². The van der Waals surface area contributed by atoms with E-state index in [2.05, 4.69) is 31.8 Å². The lowest BCUT2D eigenvalue weighted by Crippen LogP contribution is -2.16. The number of nitrogens with zero attached hydrogens (tertiary/aromatic N) is 5. The number of pyridine rings is 2. The molecule has 0 spiro atoms. The first-order valence-electron chi connectivity index (χ1n) is 11.1. The predicted molar refractivity (Wildman–Crippen MR) is 134 cm³/mol. The Hall–Kier alpha value is -4.07. The van der Waals surface area contributed by atoms with Gasteiger partial charge in [-0.3, -0.25) is 9.98 Å². The molecule has 174 valence electrons. The van der Waals surface area contributed by atoms with E-state index >= 15 is 0 Å². The molecule has 1 atom stereocenters. The highest BCUT2D eigenvalue weighted by molar-refractivity contribution is 6.09. The van der Waals surface area contributed by atoms with Crippen molar-refractivity contribution in [2.75, 3.05) is 19.0 Å². The fourth-order valence-electron chi connectivity index (χ4n) is 3.51. The Morgan fingerprint density at radius 3 is 2.85 bits per heavy atom. The van der Waals surface area contributed by atoms with E-state index in [-0.39, 0.29) is 6.10 Å². The minimum absolute atomic E-state index is 0.107. The summed E-state index contributed by atoms with van der Waals surface area (Å²) >= 11 is 0. The summed E-state index contributed by atoms with van der Waals surface area (Å²) in [4.78, 5) is 22.4. The van der Waals surface area contributed by atoms with E-state index < -0.39 is 0 Å². The van der Waals surface area contributed by atoms with Gasteiger partial charge in [-0.2, -0.15) is 0 Å². The summed E-state index contributed by atoms with van der Waals surface area (Å²) in [6, 6.07) is 9.41. The van der Waals surface area contributed by atoms with Gasteiger partial charge in [-0.05, 0) is 32.0 Å². The molecule has 4 rings (SSSR count). The quantitative estimate of drug-likeness (QED) is 0.424. The van der Waals surface area contributed by atoms with Crippen LogP contribution in [0, 0.1) is 0 Å². The van der Waals surface area contributed by atoms with Gasteiger partial charge in [-0.25, -0.2) is 15.0 Å². The minimum Gasteiger partial charge on any atom is -0.497 e. The van der Waals surface area contributed by atoms with E-state index in [4.69, 9.17) is 14.5 Å². The van der Waals surface area contributed by atoms with Gasteiger partial charge in [0.2, 0.25) is 0 Å². The molecule has 8 nitrogen and oxygen atoms in total. The highest BCUT2D eigenvalue weighted by Gasteiger charge is 2.18. The van der Waals surface area contributed by atoms with Crippen molar-refractivity contribution in [1.29, 1.82) is 0 Å². The van der Waals surface area contributed by atoms with Crippen LogP contribution >= 0.6 is 0 Å². The van der Waals surface area contributed by atoms with Crippen LogP contribution in [-0.2, 0) is 4.74 Å². The molecule has 3 aromatic rings. The zero-order chi connectivity index (χ0) is 23.9. The van der Waals surface area contributed by atoms with Crippen LogP contribution in [-0.4, -0.2) is 45.9 Å². The Labute approximate surface area is 199 Å². The molecule has 0 radical (unpaired) electrons. The number of hydrogen-bond donors (Lipinski definition) is 1. The maximum Gasteiger partial charge on any atom is 0.166 e. The molecular formula is C26H28N6O2. The highest BCUT2D eigenvalue weighted by Crippen LogP contribution is 2.32. The molecule has 3 aromatic heterocycles. The van der Waals surface area contributed by atoms with Gasteiger partial charge < -0.3 is 14.8 Å². The summed E-state index contributed by atoms with van der Waals surface area (Å²) in [7, 11) is 1.71. The van der Waals surface area contributed by atoms with Crippen molar-refractivity contribution in [1.82, 2.24) is 19.9 Å². The minimum atomic E-state index is -0.107. The Morgan fingerprint density at radius 2 is 2.09 bits per heavy atom. The Kier molecular flexibility index (Phi) is 7.27. The van der Waals surface area contributed by atoms with E-state index in [1.807, 2.05) is 38.1 Å². The van der Waals surface area contributed by atoms with Gasteiger partial charge in [0.05, 0.1) is 29.5 Å². The zero-order valence-corrected chi connectivity index (χ0v) is 19.7. The van der Waals surface area contributed by atoms with Crippen molar-refractivity contribution in [3.63, 3.8) is 0 Å². The molecule has 0 amide bonds. The van der Waals surface area contributed by atoms with Gasteiger partial charge in [0.1, 0.15) is 23.1 Å². The SMILES string of the molecule is C=C(C)C/C1=C(\C=N/C)c2nccc(n2)Nc2cc(c(-c3ccccn3)cn2)O[C@@H](C)CCO1. The topological polar surface area (TPSA) is 94.4 Å². The van der Waals surface area contributed by atoms with Gasteiger partial charge in [-0.1, -0.05) is 18.2 Å². The van der Waals surface area contributed by atoms with E-state index in [1.54, 1.807) is 37.9 Å². The molecule has 0 fully saturated rings. The van der Waals surface area contributed by atoms with Crippen LogP contribution in [0.3, 0.4) is 0 Å². The monoisotopic (exact) mass is 456 g/mol. The Balaban J connectivity index is 1.79. The lowest BCUT2D eigenvalue weighted by atomic mass is 10.1. The van der Waals surface area contributed by atoms with Crippen LogP contribution in [0.2, 0.25) is 0 Å². The van der Waals surface area contributed by atoms with Crippen molar-refractivity contribution >= 4 is 23.4 Å². The third-order valence-corrected chi connectivity index (χ3v) is 5.11. The third-order valence-electron chi connectivity index (χ3n) is 5.11. The molecule has 1 aliphatic heterocycles. The van der Waals surface area contributed by atoms with Crippen LogP contribution in [0.15, 0.2) is 71.8 Å².